The fourth-order valence-corrected chi connectivity index (χ4v) is 3.19. The van der Waals surface area contributed by atoms with Gasteiger partial charge in [0.1, 0.15) is 11.4 Å². The molecule has 3 aromatic heterocycles. The summed E-state index contributed by atoms with van der Waals surface area (Å²) in [6.07, 6.45) is 3.66. The fraction of sp³-hybridized carbons (Fsp3) is 0. The predicted octanol–water partition coefficient (Wildman–Crippen LogP) is 3.89. The van der Waals surface area contributed by atoms with Crippen LogP contribution in [0.5, 0.6) is 5.75 Å². The van der Waals surface area contributed by atoms with Crippen LogP contribution < -0.4 is 0 Å². The summed E-state index contributed by atoms with van der Waals surface area (Å²) in [5.74, 6) is 0.240. The van der Waals surface area contributed by atoms with Crippen molar-refractivity contribution in [2.24, 2.45) is 0 Å². The lowest BCUT2D eigenvalue weighted by Crippen LogP contribution is -1.91. The quantitative estimate of drug-likeness (QED) is 0.439. The zero-order valence-corrected chi connectivity index (χ0v) is 11.6. The number of para-hydroxylation sites is 2. The van der Waals surface area contributed by atoms with E-state index in [9.17, 15) is 5.11 Å². The van der Waals surface area contributed by atoms with E-state index in [2.05, 4.69) is 15.5 Å². The number of aromatic nitrogens is 3. The molecule has 0 aliphatic carbocycles. The van der Waals surface area contributed by atoms with Crippen molar-refractivity contribution in [1.82, 2.24) is 14.4 Å². The lowest BCUT2D eigenvalue weighted by Gasteiger charge is -2.08. The smallest absolute Gasteiger partial charge is 0.146 e. The third kappa shape index (κ3) is 1.36. The number of rotatable bonds is 0. The molecule has 0 aliphatic rings. The molecule has 0 saturated carbocycles. The highest BCUT2D eigenvalue weighted by Gasteiger charge is 2.13. The van der Waals surface area contributed by atoms with E-state index in [1.54, 1.807) is 18.3 Å². The first kappa shape index (κ1) is 11.5. The maximum absolute atomic E-state index is 9.88. The summed E-state index contributed by atoms with van der Waals surface area (Å²) in [6.45, 7) is 0. The minimum atomic E-state index is 0.240. The van der Waals surface area contributed by atoms with E-state index in [-0.39, 0.29) is 5.75 Å². The number of imidazole rings is 1. The van der Waals surface area contributed by atoms with Gasteiger partial charge >= 0.3 is 0 Å². The van der Waals surface area contributed by atoms with Crippen LogP contribution >= 0.6 is 0 Å². The number of nitrogens with zero attached hydrogens (tertiary/aromatic N) is 3. The predicted molar refractivity (Wildman–Crippen MR) is 87.2 cm³/mol. The summed E-state index contributed by atoms with van der Waals surface area (Å²) in [6, 6.07) is 15.5. The van der Waals surface area contributed by atoms with Crippen LogP contribution in [-0.2, 0) is 0 Å². The monoisotopic (exact) mass is 285 g/mol. The molecule has 4 nitrogen and oxygen atoms in total. The van der Waals surface area contributed by atoms with Crippen LogP contribution in [-0.4, -0.2) is 19.5 Å². The second kappa shape index (κ2) is 3.95. The van der Waals surface area contributed by atoms with Crippen molar-refractivity contribution in [1.29, 1.82) is 0 Å². The van der Waals surface area contributed by atoms with Gasteiger partial charge < -0.3 is 5.11 Å². The molecule has 1 N–H and O–H groups in total. The highest BCUT2D eigenvalue weighted by Crippen LogP contribution is 2.33. The molecule has 0 fully saturated rings. The summed E-state index contributed by atoms with van der Waals surface area (Å²) < 4.78 is 2.13. The van der Waals surface area contributed by atoms with Crippen LogP contribution in [0.4, 0.5) is 0 Å². The molecule has 2 aromatic carbocycles. The van der Waals surface area contributed by atoms with Crippen molar-refractivity contribution >= 4 is 38.4 Å². The van der Waals surface area contributed by atoms with E-state index in [0.717, 1.165) is 38.4 Å². The third-order valence-electron chi connectivity index (χ3n) is 4.13. The third-order valence-corrected chi connectivity index (χ3v) is 4.13. The molecule has 0 saturated heterocycles. The zero-order valence-electron chi connectivity index (χ0n) is 11.6. The summed E-state index contributed by atoms with van der Waals surface area (Å²) in [5.41, 5.74) is 3.91. The Morgan fingerprint density at radius 1 is 0.864 bits per heavy atom. The van der Waals surface area contributed by atoms with E-state index in [1.807, 2.05) is 36.5 Å². The van der Waals surface area contributed by atoms with E-state index < -0.39 is 0 Å². The zero-order chi connectivity index (χ0) is 14.7. The summed E-state index contributed by atoms with van der Waals surface area (Å²) in [7, 11) is 0. The van der Waals surface area contributed by atoms with Gasteiger partial charge in [-0.3, -0.25) is 9.38 Å². The Morgan fingerprint density at radius 3 is 2.73 bits per heavy atom. The number of hydrogen-bond acceptors (Lipinski definition) is 3. The van der Waals surface area contributed by atoms with Crippen LogP contribution in [0.15, 0.2) is 60.9 Å². The molecular formula is C18H11N3O. The van der Waals surface area contributed by atoms with Crippen molar-refractivity contribution in [3.63, 3.8) is 0 Å². The number of benzene rings is 2. The molecule has 104 valence electrons. The fourth-order valence-electron chi connectivity index (χ4n) is 3.19. The second-order valence-electron chi connectivity index (χ2n) is 5.38. The summed E-state index contributed by atoms with van der Waals surface area (Å²) >= 11 is 0. The maximum atomic E-state index is 9.88. The molecule has 0 amide bonds. The number of pyridine rings is 2. The highest BCUT2D eigenvalue weighted by molar-refractivity contribution is 6.13. The Bertz CT molecular complexity index is 1190. The topological polar surface area (TPSA) is 50.4 Å². The molecule has 22 heavy (non-hydrogen) atoms. The highest BCUT2D eigenvalue weighted by atomic mass is 16.3. The Morgan fingerprint density at radius 2 is 1.77 bits per heavy atom. The molecule has 3 heterocycles. The van der Waals surface area contributed by atoms with Gasteiger partial charge in [-0.15, -0.1) is 0 Å². The first-order valence-electron chi connectivity index (χ1n) is 7.08. The Kier molecular flexibility index (Phi) is 2.07. The van der Waals surface area contributed by atoms with Crippen LogP contribution in [0.2, 0.25) is 0 Å². The molecule has 0 unspecified atom stereocenters. The van der Waals surface area contributed by atoms with E-state index in [1.165, 1.54) is 0 Å². The normalized spacial score (nSPS) is 11.8. The molecule has 5 aromatic rings. The Balaban J connectivity index is 2.23. The molecule has 5 rings (SSSR count). The average Bonchev–Trinajstić information content (AvgIpc) is 2.95. The van der Waals surface area contributed by atoms with Crippen LogP contribution in [0.3, 0.4) is 0 Å². The number of phenolic OH excluding ortho intramolecular Hbond substituents is 1. The number of phenols is 1. The average molecular weight is 285 g/mol. The molecule has 0 radical (unpaired) electrons. The SMILES string of the molecule is Oc1ccc2c3cnccc3n3c4ccccc4nc3c2c1. The largest absolute Gasteiger partial charge is 0.508 e. The standard InChI is InChI=1S/C18H11N3O/c22-11-5-6-12-13(9-11)18-20-15-3-1-2-4-17(15)21(18)16-7-8-19-10-14(12)16/h1-10,22H. The van der Waals surface area contributed by atoms with E-state index >= 15 is 0 Å². The van der Waals surface area contributed by atoms with Crippen molar-refractivity contribution in [3.8, 4) is 5.75 Å². The van der Waals surface area contributed by atoms with Gasteiger partial charge in [0.15, 0.2) is 0 Å². The molecule has 0 atom stereocenters. The van der Waals surface area contributed by atoms with Gasteiger partial charge in [-0.25, -0.2) is 4.98 Å². The number of hydrogen-bond donors (Lipinski definition) is 1. The van der Waals surface area contributed by atoms with E-state index in [4.69, 9.17) is 4.98 Å². The van der Waals surface area contributed by atoms with Gasteiger partial charge in [-0.1, -0.05) is 12.1 Å². The molecule has 0 bridgehead atoms. The molecule has 0 aliphatic heterocycles. The Hall–Kier alpha value is -3.14. The first-order chi connectivity index (χ1) is 10.8. The van der Waals surface area contributed by atoms with Gasteiger partial charge in [0, 0.05) is 23.2 Å². The minimum absolute atomic E-state index is 0.240. The van der Waals surface area contributed by atoms with Crippen LogP contribution in [0.25, 0.3) is 38.4 Å². The summed E-state index contributed by atoms with van der Waals surface area (Å²) in [4.78, 5) is 9.03. The lowest BCUT2D eigenvalue weighted by molar-refractivity contribution is 0.476. The van der Waals surface area contributed by atoms with Crippen molar-refractivity contribution in [2.45, 2.75) is 0 Å². The first-order valence-corrected chi connectivity index (χ1v) is 7.08. The van der Waals surface area contributed by atoms with Crippen LogP contribution in [0, 0.1) is 0 Å². The Labute approximate surface area is 125 Å². The van der Waals surface area contributed by atoms with Gasteiger partial charge in [-0.2, -0.15) is 0 Å². The number of aromatic hydroxyl groups is 1. The van der Waals surface area contributed by atoms with Crippen molar-refractivity contribution < 1.29 is 5.11 Å². The summed E-state index contributed by atoms with van der Waals surface area (Å²) in [5, 5.41) is 12.9. The van der Waals surface area contributed by atoms with Gasteiger partial charge in [-0.05, 0) is 41.8 Å². The van der Waals surface area contributed by atoms with Gasteiger partial charge in [0.2, 0.25) is 0 Å². The van der Waals surface area contributed by atoms with E-state index in [0.29, 0.717) is 0 Å². The van der Waals surface area contributed by atoms with Gasteiger partial charge in [0.05, 0.1) is 16.6 Å². The number of fused-ring (bicyclic) bond motifs is 8. The molecule has 4 heteroatoms. The van der Waals surface area contributed by atoms with Gasteiger partial charge in [0.25, 0.3) is 0 Å². The minimum Gasteiger partial charge on any atom is -0.508 e. The van der Waals surface area contributed by atoms with Crippen LogP contribution in [0.1, 0.15) is 0 Å². The maximum Gasteiger partial charge on any atom is 0.146 e. The second-order valence-corrected chi connectivity index (χ2v) is 5.38. The molecule has 0 spiro atoms. The van der Waals surface area contributed by atoms with Crippen molar-refractivity contribution in [3.05, 3.63) is 60.9 Å². The molecular weight excluding hydrogens is 274 g/mol. The van der Waals surface area contributed by atoms with Crippen molar-refractivity contribution in [2.75, 3.05) is 0 Å². The lowest BCUT2D eigenvalue weighted by atomic mass is 10.1.